The number of methoxy groups -OCH3 is 1. The summed E-state index contributed by atoms with van der Waals surface area (Å²) >= 11 is 8.74. The normalized spacial score (nSPS) is 18.8. The number of ether oxygens (including phenoxy) is 1. The number of aromatic nitrogens is 4. The van der Waals surface area contributed by atoms with Crippen LogP contribution in [0.2, 0.25) is 0 Å². The van der Waals surface area contributed by atoms with Gasteiger partial charge in [0.2, 0.25) is 5.43 Å². The van der Waals surface area contributed by atoms with Crippen molar-refractivity contribution in [2.45, 2.75) is 31.9 Å². The molecule has 3 aromatic rings. The second-order valence-electron chi connectivity index (χ2n) is 8.83. The molecule has 4 rings (SSSR count). The summed E-state index contributed by atoms with van der Waals surface area (Å²) in [5.74, 6) is -0.269. The third-order valence-corrected chi connectivity index (χ3v) is 7.67. The van der Waals surface area contributed by atoms with Crippen molar-refractivity contribution >= 4 is 57.0 Å². The minimum Gasteiger partial charge on any atom is -0.383 e. The number of anilines is 1. The summed E-state index contributed by atoms with van der Waals surface area (Å²) < 4.78 is 8.43. The van der Waals surface area contributed by atoms with E-state index in [4.69, 9.17) is 22.1 Å². The van der Waals surface area contributed by atoms with Crippen molar-refractivity contribution in [3.63, 3.8) is 0 Å². The van der Waals surface area contributed by atoms with Gasteiger partial charge in [0.05, 0.1) is 15.7 Å². The average molecular weight is 621 g/mol. The number of hydrogen-bond acceptors (Lipinski definition) is 7. The van der Waals surface area contributed by atoms with E-state index in [1.54, 1.807) is 39.7 Å². The van der Waals surface area contributed by atoms with Gasteiger partial charge in [0, 0.05) is 44.5 Å². The fourth-order valence-electron chi connectivity index (χ4n) is 4.53. The molecule has 188 valence electrons. The first-order chi connectivity index (χ1) is 17.1. The molecule has 1 aliphatic carbocycles. The minimum absolute atomic E-state index is 0.135. The summed E-state index contributed by atoms with van der Waals surface area (Å²) in [6.45, 7) is 3.95. The van der Waals surface area contributed by atoms with E-state index >= 15 is 0 Å². The number of rotatable bonds is 5. The van der Waals surface area contributed by atoms with Gasteiger partial charge in [-0.05, 0) is 65.3 Å². The minimum atomic E-state index is -0.383. The second kappa shape index (κ2) is 10.3. The highest BCUT2D eigenvalue weighted by Crippen LogP contribution is 2.43. The van der Waals surface area contributed by atoms with Crippen LogP contribution in [0, 0.1) is 3.57 Å². The van der Waals surface area contributed by atoms with E-state index in [0.29, 0.717) is 19.9 Å². The number of allylic oxidation sites excluding steroid dienone is 2. The third kappa shape index (κ3) is 4.53. The van der Waals surface area contributed by atoms with Crippen LogP contribution >= 0.6 is 34.2 Å². The Morgan fingerprint density at radius 2 is 2.00 bits per heavy atom. The van der Waals surface area contributed by atoms with Gasteiger partial charge in [0.1, 0.15) is 28.9 Å². The number of nitrogens with zero attached hydrogens (tertiary/aromatic N) is 5. The van der Waals surface area contributed by atoms with Crippen LogP contribution in [0.25, 0.3) is 11.0 Å². The highest BCUT2D eigenvalue weighted by molar-refractivity contribution is 14.1. The smallest absolute Gasteiger partial charge is 0.271 e. The number of nitrogens with two attached hydrogens (primary N) is 1. The van der Waals surface area contributed by atoms with Gasteiger partial charge in [-0.15, -0.1) is 0 Å². The number of hydrogen-bond donors (Lipinski definition) is 1. The Morgan fingerprint density at radius 3 is 2.61 bits per heavy atom. The molecule has 0 aromatic carbocycles. The van der Waals surface area contributed by atoms with Crippen molar-refractivity contribution in [2.75, 3.05) is 26.9 Å². The molecule has 2 N–H and O–H groups in total. The molecule has 36 heavy (non-hydrogen) atoms. The van der Waals surface area contributed by atoms with Crippen molar-refractivity contribution in [3.8, 4) is 0 Å². The van der Waals surface area contributed by atoms with E-state index in [0.717, 1.165) is 16.7 Å². The number of halogens is 2. The van der Waals surface area contributed by atoms with E-state index in [9.17, 15) is 9.59 Å². The van der Waals surface area contributed by atoms with Crippen molar-refractivity contribution in [1.82, 2.24) is 24.4 Å². The van der Waals surface area contributed by atoms with Gasteiger partial charge < -0.3 is 19.9 Å². The lowest BCUT2D eigenvalue weighted by Gasteiger charge is -2.36. The maximum absolute atomic E-state index is 12.8. The van der Waals surface area contributed by atoms with Crippen molar-refractivity contribution in [1.29, 1.82) is 0 Å². The molecule has 0 spiro atoms. The molecule has 0 saturated carbocycles. The quantitative estimate of drug-likeness (QED) is 0.431. The monoisotopic (exact) mass is 620 g/mol. The van der Waals surface area contributed by atoms with E-state index in [2.05, 4.69) is 15.0 Å². The number of nitrogen functional groups attached to an aromatic ring is 1. The Labute approximate surface area is 227 Å². The lowest BCUT2D eigenvalue weighted by atomic mass is 9.78. The molecular weight excluding hydrogens is 595 g/mol. The Bertz CT molecular complexity index is 1470. The summed E-state index contributed by atoms with van der Waals surface area (Å²) in [6, 6.07) is 3.31. The Balaban J connectivity index is 1.81. The molecule has 0 radical (unpaired) electrons. The number of carbonyl (C=O) groups excluding carboxylic acids is 1. The molecule has 3 heterocycles. The molecule has 9 nitrogen and oxygen atoms in total. The molecule has 1 aliphatic rings. The zero-order chi connectivity index (χ0) is 26.3. The Morgan fingerprint density at radius 1 is 1.28 bits per heavy atom. The zero-order valence-corrected chi connectivity index (χ0v) is 23.4. The van der Waals surface area contributed by atoms with E-state index in [1.807, 2.05) is 53.1 Å². The van der Waals surface area contributed by atoms with Gasteiger partial charge in [-0.1, -0.05) is 17.7 Å². The molecule has 1 amide bonds. The van der Waals surface area contributed by atoms with Crippen LogP contribution in [0.1, 0.15) is 41.9 Å². The van der Waals surface area contributed by atoms with Gasteiger partial charge in [-0.3, -0.25) is 14.6 Å². The summed E-state index contributed by atoms with van der Waals surface area (Å²) in [7, 11) is 5.02. The highest BCUT2D eigenvalue weighted by atomic mass is 127. The summed E-state index contributed by atoms with van der Waals surface area (Å²) in [5, 5.41) is 0.874. The van der Waals surface area contributed by atoms with Crippen LogP contribution in [-0.2, 0) is 4.74 Å². The number of amides is 1. The average Bonchev–Trinajstić information content (AvgIpc) is 2.86. The van der Waals surface area contributed by atoms with Crippen LogP contribution in [0.15, 0.2) is 57.9 Å². The van der Waals surface area contributed by atoms with E-state index in [1.165, 1.54) is 11.2 Å². The SMILES string of the molecule is COC1C(C(C)n2cc(I)c(=O)c3c(N)ncnc32)=CC(Cl)=C(C)C1c1ccc(C(=O)N(C)C)nc1. The van der Waals surface area contributed by atoms with E-state index in [-0.39, 0.29) is 40.6 Å². The fraction of sp³-hybridized carbons (Fsp3) is 0.320. The molecule has 0 fully saturated rings. The number of carbonyl (C=O) groups is 1. The topological polar surface area (TPSA) is 116 Å². The van der Waals surface area contributed by atoms with Gasteiger partial charge in [0.25, 0.3) is 5.91 Å². The first kappa shape index (κ1) is 26.2. The van der Waals surface area contributed by atoms with Crippen LogP contribution in [0.3, 0.4) is 0 Å². The summed E-state index contributed by atoms with van der Waals surface area (Å²) in [5.41, 5.74) is 9.32. The van der Waals surface area contributed by atoms with Crippen molar-refractivity contribution in [3.05, 3.63) is 78.2 Å². The third-order valence-electron chi connectivity index (χ3n) is 6.49. The first-order valence-corrected chi connectivity index (χ1v) is 12.6. The number of fused-ring (bicyclic) bond motifs is 1. The standard InChI is InChI=1S/C25H26ClIN6O3/c1-12-16(26)8-15(13(2)33-10-17(27)21(34)20-23(28)30-11-31-24(20)33)22(36-5)19(12)14-6-7-18(29-9-14)25(35)32(3)4/h6-11,13,19,22H,1-5H3,(H2,28,30,31). The Hall–Kier alpha value is -2.83. The maximum Gasteiger partial charge on any atom is 0.271 e. The Kier molecular flexibility index (Phi) is 7.48. The predicted molar refractivity (Wildman–Crippen MR) is 148 cm³/mol. The second-order valence-corrected chi connectivity index (χ2v) is 10.4. The highest BCUT2D eigenvalue weighted by Gasteiger charge is 2.36. The van der Waals surface area contributed by atoms with E-state index < -0.39 is 0 Å². The van der Waals surface area contributed by atoms with Crippen molar-refractivity contribution < 1.29 is 9.53 Å². The number of pyridine rings is 2. The van der Waals surface area contributed by atoms with Crippen LogP contribution in [0.4, 0.5) is 5.82 Å². The van der Waals surface area contributed by atoms with Gasteiger partial charge >= 0.3 is 0 Å². The maximum atomic E-state index is 12.8. The zero-order valence-electron chi connectivity index (χ0n) is 20.5. The molecule has 11 heteroatoms. The molecule has 3 atom stereocenters. The summed E-state index contributed by atoms with van der Waals surface area (Å²) in [6.07, 6.45) is 6.32. The van der Waals surface area contributed by atoms with Crippen LogP contribution in [-0.4, -0.2) is 57.6 Å². The molecule has 0 aliphatic heterocycles. The van der Waals surface area contributed by atoms with Crippen LogP contribution in [0.5, 0.6) is 0 Å². The molecule has 0 saturated heterocycles. The lowest BCUT2D eigenvalue weighted by molar-refractivity contribution is 0.0822. The molecule has 3 unspecified atom stereocenters. The van der Waals surface area contributed by atoms with Gasteiger partial charge in [0.15, 0.2) is 0 Å². The van der Waals surface area contributed by atoms with Crippen LogP contribution < -0.4 is 11.2 Å². The van der Waals surface area contributed by atoms with Gasteiger partial charge in [-0.2, -0.15) is 0 Å². The molecule has 0 bridgehead atoms. The fourth-order valence-corrected chi connectivity index (χ4v) is 5.34. The van der Waals surface area contributed by atoms with Gasteiger partial charge in [-0.25, -0.2) is 9.97 Å². The first-order valence-electron chi connectivity index (χ1n) is 11.2. The largest absolute Gasteiger partial charge is 0.383 e. The van der Waals surface area contributed by atoms with Crippen molar-refractivity contribution in [2.24, 2.45) is 0 Å². The lowest BCUT2D eigenvalue weighted by Crippen LogP contribution is -2.32. The summed E-state index contributed by atoms with van der Waals surface area (Å²) in [4.78, 5) is 39.4. The molecular formula is C25H26ClIN6O3. The molecule has 3 aromatic heterocycles. The predicted octanol–water partition coefficient (Wildman–Crippen LogP) is 3.89.